The van der Waals surface area contributed by atoms with Crippen LogP contribution in [0, 0.1) is 0 Å². The van der Waals surface area contributed by atoms with Crippen molar-refractivity contribution in [2.45, 2.75) is 59.3 Å². The van der Waals surface area contributed by atoms with Gasteiger partial charge in [-0.1, -0.05) is 26.7 Å². The number of ether oxygens (including phenoxy) is 5. The third kappa shape index (κ3) is 32.5. The Bertz CT molecular complexity index is 304. The van der Waals surface area contributed by atoms with E-state index < -0.39 is 5.97 Å². The predicted molar refractivity (Wildman–Crippen MR) is 107 cm³/mol. The lowest BCUT2D eigenvalue weighted by atomic mass is 10.3. The van der Waals surface area contributed by atoms with Gasteiger partial charge in [-0.05, 0) is 19.3 Å². The molecule has 0 aliphatic heterocycles. The Morgan fingerprint density at radius 3 is 1.43 bits per heavy atom. The fraction of sp³-hybridized carbons (Fsp3) is 0.900. The van der Waals surface area contributed by atoms with Gasteiger partial charge in [0.15, 0.2) is 0 Å². The zero-order valence-electron chi connectivity index (χ0n) is 17.9. The summed E-state index contributed by atoms with van der Waals surface area (Å²) in [5, 5.41) is 8.33. The summed E-state index contributed by atoms with van der Waals surface area (Å²) in [6, 6.07) is 0. The van der Waals surface area contributed by atoms with Crippen molar-refractivity contribution in [3.05, 3.63) is 0 Å². The van der Waals surface area contributed by atoms with Crippen LogP contribution in [0.15, 0.2) is 0 Å². The summed E-state index contributed by atoms with van der Waals surface area (Å²) in [7, 11) is 0. The second kappa shape index (κ2) is 25.8. The highest BCUT2D eigenvalue weighted by Gasteiger charge is 1.96. The van der Waals surface area contributed by atoms with E-state index >= 15 is 0 Å². The monoisotopic (exact) mass is 408 g/mol. The van der Waals surface area contributed by atoms with Gasteiger partial charge in [0.25, 0.3) is 0 Å². The third-order valence-corrected chi connectivity index (χ3v) is 3.24. The van der Waals surface area contributed by atoms with E-state index in [0.29, 0.717) is 52.7 Å². The van der Waals surface area contributed by atoms with Crippen LogP contribution < -0.4 is 0 Å². The number of hydrogen-bond acceptors (Lipinski definition) is 7. The maximum atomic E-state index is 10.3. The summed E-state index contributed by atoms with van der Waals surface area (Å²) in [5.74, 6) is -1.04. The molecule has 0 saturated carbocycles. The van der Waals surface area contributed by atoms with Crippen LogP contribution in [-0.2, 0) is 33.3 Å². The summed E-state index contributed by atoms with van der Waals surface area (Å²) < 4.78 is 25.5. The van der Waals surface area contributed by atoms with Gasteiger partial charge in [0.2, 0.25) is 0 Å². The van der Waals surface area contributed by atoms with Crippen molar-refractivity contribution < 1.29 is 38.4 Å². The van der Waals surface area contributed by atoms with Crippen molar-refractivity contribution in [3.63, 3.8) is 0 Å². The Kier molecular flexibility index (Phi) is 26.7. The molecule has 28 heavy (non-hydrogen) atoms. The normalized spacial score (nSPS) is 10.2. The predicted octanol–water partition coefficient (Wildman–Crippen LogP) is 3.07. The molecular formula is C20H40O8. The zero-order chi connectivity index (χ0) is 21.3. The van der Waals surface area contributed by atoms with Gasteiger partial charge in [0.1, 0.15) is 6.61 Å². The molecule has 0 atom stereocenters. The molecule has 0 heterocycles. The van der Waals surface area contributed by atoms with Crippen LogP contribution in [0.2, 0.25) is 0 Å². The van der Waals surface area contributed by atoms with Crippen LogP contribution in [0.25, 0.3) is 0 Å². The molecule has 0 bridgehead atoms. The van der Waals surface area contributed by atoms with E-state index in [1.165, 1.54) is 6.92 Å². The van der Waals surface area contributed by atoms with Gasteiger partial charge in [0.05, 0.1) is 33.0 Å². The average molecular weight is 409 g/mol. The van der Waals surface area contributed by atoms with Crippen molar-refractivity contribution in [3.8, 4) is 0 Å². The molecule has 0 rings (SSSR count). The Morgan fingerprint density at radius 1 is 0.643 bits per heavy atom. The summed E-state index contributed by atoms with van der Waals surface area (Å²) in [6.45, 7) is 10.8. The summed E-state index contributed by atoms with van der Waals surface area (Å²) >= 11 is 0. The van der Waals surface area contributed by atoms with Crippen molar-refractivity contribution in [1.29, 1.82) is 0 Å². The summed E-state index contributed by atoms with van der Waals surface area (Å²) in [5.41, 5.74) is 0. The van der Waals surface area contributed by atoms with Gasteiger partial charge < -0.3 is 28.8 Å². The van der Waals surface area contributed by atoms with Gasteiger partial charge in [-0.3, -0.25) is 9.59 Å². The lowest BCUT2D eigenvalue weighted by Gasteiger charge is -2.05. The van der Waals surface area contributed by atoms with E-state index in [0.717, 1.165) is 38.9 Å². The quantitative estimate of drug-likeness (QED) is 0.257. The van der Waals surface area contributed by atoms with E-state index in [2.05, 4.69) is 18.6 Å². The molecule has 0 aliphatic carbocycles. The molecule has 8 nitrogen and oxygen atoms in total. The van der Waals surface area contributed by atoms with Crippen LogP contribution in [0.3, 0.4) is 0 Å². The lowest BCUT2D eigenvalue weighted by molar-refractivity contribution is -0.142. The third-order valence-electron chi connectivity index (χ3n) is 3.24. The fourth-order valence-corrected chi connectivity index (χ4v) is 1.71. The number of esters is 1. The average Bonchev–Trinajstić information content (AvgIpc) is 2.65. The van der Waals surface area contributed by atoms with Gasteiger partial charge >= 0.3 is 11.9 Å². The second-order valence-electron chi connectivity index (χ2n) is 5.99. The number of carbonyl (C=O) groups excluding carboxylic acids is 1. The van der Waals surface area contributed by atoms with Crippen LogP contribution in [-0.4, -0.2) is 76.5 Å². The molecule has 0 fully saturated rings. The zero-order valence-corrected chi connectivity index (χ0v) is 17.9. The Hall–Kier alpha value is -1.22. The minimum absolute atomic E-state index is 0.177. The van der Waals surface area contributed by atoms with E-state index in [1.54, 1.807) is 0 Å². The van der Waals surface area contributed by atoms with E-state index in [9.17, 15) is 9.59 Å². The van der Waals surface area contributed by atoms with E-state index in [4.69, 9.17) is 24.1 Å². The Balaban J connectivity index is 0. The van der Waals surface area contributed by atoms with Crippen molar-refractivity contribution in [2.75, 3.05) is 59.5 Å². The highest BCUT2D eigenvalue weighted by atomic mass is 16.6. The first-order valence-corrected chi connectivity index (χ1v) is 10.2. The lowest BCUT2D eigenvalue weighted by Crippen LogP contribution is -2.11. The topological polar surface area (TPSA) is 101 Å². The number of unbranched alkanes of at least 4 members (excludes halogenated alkanes) is 2. The highest BCUT2D eigenvalue weighted by Crippen LogP contribution is 1.91. The van der Waals surface area contributed by atoms with Crippen LogP contribution >= 0.6 is 0 Å². The Labute approximate surface area is 169 Å². The van der Waals surface area contributed by atoms with Gasteiger partial charge in [0, 0.05) is 33.2 Å². The summed E-state index contributed by atoms with van der Waals surface area (Å²) in [6.07, 6.45) is 5.21. The van der Waals surface area contributed by atoms with Crippen LogP contribution in [0.4, 0.5) is 0 Å². The minimum Gasteiger partial charge on any atom is -0.481 e. The highest BCUT2D eigenvalue weighted by molar-refractivity contribution is 5.66. The number of rotatable bonds is 19. The molecule has 0 unspecified atom stereocenters. The number of aliphatic carboxylic acids is 1. The maximum Gasteiger partial charge on any atom is 0.303 e. The molecule has 0 aromatic heterocycles. The van der Waals surface area contributed by atoms with E-state index in [1.807, 2.05) is 0 Å². The molecule has 0 amide bonds. The van der Waals surface area contributed by atoms with Crippen molar-refractivity contribution in [1.82, 2.24) is 0 Å². The van der Waals surface area contributed by atoms with Crippen LogP contribution in [0.1, 0.15) is 59.3 Å². The van der Waals surface area contributed by atoms with Crippen molar-refractivity contribution >= 4 is 11.9 Å². The minimum atomic E-state index is -0.771. The fourth-order valence-electron chi connectivity index (χ4n) is 1.71. The van der Waals surface area contributed by atoms with Crippen LogP contribution in [0.5, 0.6) is 0 Å². The molecule has 0 aromatic carbocycles. The molecule has 0 radical (unpaired) electrons. The molecule has 0 aromatic rings. The molecule has 0 spiro atoms. The van der Waals surface area contributed by atoms with Gasteiger partial charge in [-0.15, -0.1) is 0 Å². The molecule has 0 aliphatic rings. The SMILES string of the molecule is CCCCOCCOCCCC(=O)O.CCCCOCCOCCOC(C)=O. The first-order valence-electron chi connectivity index (χ1n) is 10.2. The Morgan fingerprint density at radius 2 is 1.04 bits per heavy atom. The molecule has 168 valence electrons. The number of hydrogen-bond donors (Lipinski definition) is 1. The van der Waals surface area contributed by atoms with Gasteiger partial charge in [-0.2, -0.15) is 0 Å². The van der Waals surface area contributed by atoms with Gasteiger partial charge in [-0.25, -0.2) is 0 Å². The molecule has 8 heteroatoms. The number of carboxylic acid groups (broad SMARTS) is 1. The smallest absolute Gasteiger partial charge is 0.303 e. The molecular weight excluding hydrogens is 368 g/mol. The number of carboxylic acids is 1. The van der Waals surface area contributed by atoms with E-state index in [-0.39, 0.29) is 12.4 Å². The molecule has 1 N–H and O–H groups in total. The van der Waals surface area contributed by atoms with Crippen molar-refractivity contribution in [2.24, 2.45) is 0 Å². The second-order valence-corrected chi connectivity index (χ2v) is 5.99. The first-order chi connectivity index (χ1) is 13.5. The standard InChI is InChI=1S/2C10H20O4/c1-3-4-5-12-6-7-13-8-9-14-10(2)11;1-2-3-6-13-8-9-14-7-4-5-10(11)12/h3-9H2,1-2H3;2-9H2,1H3,(H,11,12). The number of carbonyl (C=O) groups is 2. The largest absolute Gasteiger partial charge is 0.481 e. The first kappa shape index (κ1) is 29.0. The maximum absolute atomic E-state index is 10.3. The summed E-state index contributed by atoms with van der Waals surface area (Å²) in [4.78, 5) is 20.5. The molecule has 0 saturated heterocycles.